The van der Waals surface area contributed by atoms with Crippen molar-refractivity contribution in [2.45, 2.75) is 64.1 Å². The number of anilines is 1. The summed E-state index contributed by atoms with van der Waals surface area (Å²) >= 11 is 6.01. The van der Waals surface area contributed by atoms with Gasteiger partial charge in [-0.2, -0.15) is 0 Å². The van der Waals surface area contributed by atoms with E-state index in [0.717, 1.165) is 16.3 Å². The number of hydrogen-bond donors (Lipinski definition) is 1. The van der Waals surface area contributed by atoms with Gasteiger partial charge in [-0.1, -0.05) is 55.8 Å². The summed E-state index contributed by atoms with van der Waals surface area (Å²) in [6, 6.07) is 20.7. The van der Waals surface area contributed by atoms with E-state index in [0.29, 0.717) is 23.8 Å². The van der Waals surface area contributed by atoms with Gasteiger partial charge in [0.1, 0.15) is 18.3 Å². The van der Waals surface area contributed by atoms with Gasteiger partial charge in [0.05, 0.1) is 17.2 Å². The third-order valence-electron chi connectivity index (χ3n) is 6.70. The molecule has 2 amide bonds. The Labute approximate surface area is 248 Å². The van der Waals surface area contributed by atoms with Crippen molar-refractivity contribution in [3.8, 4) is 5.75 Å². The smallest absolute Gasteiger partial charge is 0.264 e. The number of halogens is 1. The zero-order chi connectivity index (χ0) is 30.0. The highest BCUT2D eigenvalue weighted by molar-refractivity contribution is 7.92. The van der Waals surface area contributed by atoms with E-state index in [1.807, 2.05) is 58.0 Å². The number of rotatable bonds is 14. The molecular formula is C31H38ClN3O5S. The fourth-order valence-electron chi connectivity index (χ4n) is 4.28. The number of carbonyl (C=O) groups excluding carboxylic acids is 2. The molecule has 0 fully saturated rings. The van der Waals surface area contributed by atoms with Crippen LogP contribution >= 0.6 is 11.6 Å². The Balaban J connectivity index is 2.04. The van der Waals surface area contributed by atoms with Crippen molar-refractivity contribution in [3.05, 3.63) is 89.4 Å². The minimum Gasteiger partial charge on any atom is -0.494 e. The molecule has 0 radical (unpaired) electrons. The summed E-state index contributed by atoms with van der Waals surface area (Å²) in [6.07, 6.45) is 1.09. The summed E-state index contributed by atoms with van der Waals surface area (Å²) in [5.41, 5.74) is 1.11. The largest absolute Gasteiger partial charge is 0.494 e. The van der Waals surface area contributed by atoms with Gasteiger partial charge in [0, 0.05) is 17.6 Å². The molecule has 220 valence electrons. The summed E-state index contributed by atoms with van der Waals surface area (Å²) < 4.78 is 34.4. The monoisotopic (exact) mass is 599 g/mol. The molecule has 1 N–H and O–H groups in total. The van der Waals surface area contributed by atoms with Crippen molar-refractivity contribution in [3.63, 3.8) is 0 Å². The van der Waals surface area contributed by atoms with Crippen LogP contribution < -0.4 is 14.4 Å². The van der Waals surface area contributed by atoms with Crippen LogP contribution in [0.1, 0.15) is 46.1 Å². The van der Waals surface area contributed by atoms with Crippen molar-refractivity contribution in [1.82, 2.24) is 10.2 Å². The SMILES string of the molecule is CCOc1ccc(N(CC(=O)N(Cc2ccccc2)[C@@H](CC)C(=O)N[C@@H](C)CC)S(=O)(=O)c2ccc(Cl)cc2)cc1. The third-order valence-corrected chi connectivity index (χ3v) is 8.74. The van der Waals surface area contributed by atoms with Gasteiger partial charge in [-0.25, -0.2) is 8.42 Å². The molecule has 10 heteroatoms. The van der Waals surface area contributed by atoms with Gasteiger partial charge in [-0.3, -0.25) is 13.9 Å². The van der Waals surface area contributed by atoms with Crippen LogP contribution in [-0.2, 0) is 26.2 Å². The van der Waals surface area contributed by atoms with Crippen molar-refractivity contribution >= 4 is 39.1 Å². The van der Waals surface area contributed by atoms with Crippen LogP contribution in [0.15, 0.2) is 83.8 Å². The Kier molecular flexibility index (Phi) is 11.6. The molecule has 0 saturated heterocycles. The first-order valence-electron chi connectivity index (χ1n) is 13.8. The van der Waals surface area contributed by atoms with Crippen LogP contribution in [-0.4, -0.2) is 50.4 Å². The first kappa shape index (κ1) is 32.0. The van der Waals surface area contributed by atoms with E-state index in [1.165, 1.54) is 29.2 Å². The molecule has 0 bridgehead atoms. The number of hydrogen-bond acceptors (Lipinski definition) is 5. The van der Waals surface area contributed by atoms with E-state index in [-0.39, 0.29) is 29.1 Å². The maximum Gasteiger partial charge on any atom is 0.264 e. The Hall–Kier alpha value is -3.56. The topological polar surface area (TPSA) is 96.0 Å². The van der Waals surface area contributed by atoms with Gasteiger partial charge in [-0.05, 0) is 80.8 Å². The summed E-state index contributed by atoms with van der Waals surface area (Å²) in [4.78, 5) is 28.9. The van der Waals surface area contributed by atoms with E-state index >= 15 is 0 Å². The minimum atomic E-state index is -4.19. The predicted molar refractivity (Wildman–Crippen MR) is 163 cm³/mol. The average molecular weight is 600 g/mol. The molecular weight excluding hydrogens is 562 g/mol. The number of ether oxygens (including phenoxy) is 1. The van der Waals surface area contributed by atoms with Crippen LogP contribution in [0, 0.1) is 0 Å². The molecule has 0 spiro atoms. The number of sulfonamides is 1. The molecule has 0 aliphatic heterocycles. The second kappa shape index (κ2) is 14.9. The second-order valence-corrected chi connectivity index (χ2v) is 11.9. The quantitative estimate of drug-likeness (QED) is 0.258. The molecule has 41 heavy (non-hydrogen) atoms. The number of amides is 2. The Morgan fingerprint density at radius 1 is 0.902 bits per heavy atom. The van der Waals surface area contributed by atoms with Gasteiger partial charge in [0.15, 0.2) is 0 Å². The van der Waals surface area contributed by atoms with Crippen LogP contribution in [0.3, 0.4) is 0 Å². The fraction of sp³-hybridized carbons (Fsp3) is 0.355. The van der Waals surface area contributed by atoms with E-state index in [1.54, 1.807) is 24.3 Å². The van der Waals surface area contributed by atoms with Gasteiger partial charge >= 0.3 is 0 Å². The van der Waals surface area contributed by atoms with Gasteiger partial charge in [-0.15, -0.1) is 0 Å². The summed E-state index contributed by atoms with van der Waals surface area (Å²) in [6.45, 7) is 7.64. The number of carbonyl (C=O) groups is 2. The van der Waals surface area contributed by atoms with E-state index in [9.17, 15) is 18.0 Å². The molecule has 0 heterocycles. The molecule has 3 rings (SSSR count). The number of benzene rings is 3. The Bertz CT molecular complexity index is 1380. The molecule has 3 aromatic carbocycles. The van der Waals surface area contributed by atoms with Crippen LogP contribution in [0.2, 0.25) is 5.02 Å². The lowest BCUT2D eigenvalue weighted by Gasteiger charge is -2.33. The average Bonchev–Trinajstić information content (AvgIpc) is 2.97. The molecule has 0 aliphatic rings. The van der Waals surface area contributed by atoms with E-state index < -0.39 is 28.5 Å². The Morgan fingerprint density at radius 3 is 2.10 bits per heavy atom. The van der Waals surface area contributed by atoms with Crippen LogP contribution in [0.25, 0.3) is 0 Å². The predicted octanol–water partition coefficient (Wildman–Crippen LogP) is 5.66. The number of nitrogens with zero attached hydrogens (tertiary/aromatic N) is 2. The van der Waals surface area contributed by atoms with Crippen molar-refractivity contribution < 1.29 is 22.7 Å². The summed E-state index contributed by atoms with van der Waals surface area (Å²) in [5.74, 6) is -0.212. The maximum absolute atomic E-state index is 14.1. The highest BCUT2D eigenvalue weighted by atomic mass is 35.5. The molecule has 0 aromatic heterocycles. The zero-order valence-corrected chi connectivity index (χ0v) is 25.5. The highest BCUT2D eigenvalue weighted by Gasteiger charge is 2.34. The maximum atomic E-state index is 14.1. The Morgan fingerprint density at radius 2 is 1.54 bits per heavy atom. The summed E-state index contributed by atoms with van der Waals surface area (Å²) in [7, 11) is -4.19. The third kappa shape index (κ3) is 8.47. The standard InChI is InChI=1S/C31H38ClN3O5S/c1-5-23(4)33-31(37)29(6-2)34(21-24-11-9-8-10-12-24)30(36)22-35(26-15-17-27(18-16-26)40-7-3)41(38,39)28-19-13-25(32)14-20-28/h8-20,23,29H,5-7,21-22H2,1-4H3,(H,33,37)/t23-,29-/m0/s1. The number of nitrogens with one attached hydrogen (secondary N) is 1. The lowest BCUT2D eigenvalue weighted by molar-refractivity contribution is -0.140. The molecule has 0 unspecified atom stereocenters. The van der Waals surface area contributed by atoms with Gasteiger partial charge < -0.3 is 15.0 Å². The molecule has 8 nitrogen and oxygen atoms in total. The van der Waals surface area contributed by atoms with Gasteiger partial charge in [0.25, 0.3) is 10.0 Å². The summed E-state index contributed by atoms with van der Waals surface area (Å²) in [5, 5.41) is 3.36. The van der Waals surface area contributed by atoms with Crippen molar-refractivity contribution in [2.24, 2.45) is 0 Å². The lowest BCUT2D eigenvalue weighted by atomic mass is 10.1. The van der Waals surface area contributed by atoms with Crippen LogP contribution in [0.5, 0.6) is 5.75 Å². The lowest BCUT2D eigenvalue weighted by Crippen LogP contribution is -2.53. The highest BCUT2D eigenvalue weighted by Crippen LogP contribution is 2.27. The first-order chi connectivity index (χ1) is 19.6. The first-order valence-corrected chi connectivity index (χ1v) is 15.6. The minimum absolute atomic E-state index is 0.0141. The van der Waals surface area contributed by atoms with E-state index in [2.05, 4.69) is 5.32 Å². The second-order valence-electron chi connectivity index (χ2n) is 9.64. The van der Waals surface area contributed by atoms with Crippen molar-refractivity contribution in [2.75, 3.05) is 17.5 Å². The van der Waals surface area contributed by atoms with Crippen LogP contribution in [0.4, 0.5) is 5.69 Å². The molecule has 0 aliphatic carbocycles. The van der Waals surface area contributed by atoms with E-state index in [4.69, 9.17) is 16.3 Å². The zero-order valence-electron chi connectivity index (χ0n) is 23.9. The molecule has 3 aromatic rings. The fourth-order valence-corrected chi connectivity index (χ4v) is 5.82. The van der Waals surface area contributed by atoms with Gasteiger partial charge in [0.2, 0.25) is 11.8 Å². The van der Waals surface area contributed by atoms with Crippen molar-refractivity contribution in [1.29, 1.82) is 0 Å². The normalized spacial score (nSPS) is 12.7. The molecule has 2 atom stereocenters. The molecule has 0 saturated carbocycles.